The van der Waals surface area contributed by atoms with Crippen molar-refractivity contribution in [1.82, 2.24) is 44.7 Å². The highest BCUT2D eigenvalue weighted by Crippen LogP contribution is 2.29. The molecule has 0 radical (unpaired) electrons. The van der Waals surface area contributed by atoms with Crippen LogP contribution in [0.25, 0.3) is 17.0 Å². The van der Waals surface area contributed by atoms with E-state index in [9.17, 15) is 0 Å². The van der Waals surface area contributed by atoms with E-state index in [2.05, 4.69) is 78.6 Å². The Balaban J connectivity index is 1.04. The van der Waals surface area contributed by atoms with Crippen LogP contribution in [0.2, 0.25) is 0 Å². The van der Waals surface area contributed by atoms with E-state index in [4.69, 9.17) is 4.98 Å². The van der Waals surface area contributed by atoms with Crippen molar-refractivity contribution in [2.24, 2.45) is 0 Å². The Hall–Kier alpha value is -3.66. The number of piperazine rings is 1. The second kappa shape index (κ2) is 8.77. The van der Waals surface area contributed by atoms with Crippen LogP contribution >= 0.6 is 0 Å². The lowest BCUT2D eigenvalue weighted by atomic mass is 10.1. The molecule has 0 aliphatic carbocycles. The normalized spacial score (nSPS) is 22.4. The highest BCUT2D eigenvalue weighted by atomic mass is 15.7. The summed E-state index contributed by atoms with van der Waals surface area (Å²) in [6, 6.07) is 11.9. The number of nitrogens with zero attached hydrogens (tertiary/aromatic N) is 7. The third kappa shape index (κ3) is 4.05. The number of hydrogen-bond acceptors (Lipinski definition) is 7. The Bertz CT molecular complexity index is 1390. The zero-order chi connectivity index (χ0) is 24.1. The zero-order valence-corrected chi connectivity index (χ0v) is 20.5. The zero-order valence-electron chi connectivity index (χ0n) is 20.5. The molecule has 0 aromatic carbocycles. The second-order valence-corrected chi connectivity index (χ2v) is 10.2. The van der Waals surface area contributed by atoms with Crippen LogP contribution in [0.3, 0.4) is 0 Å². The quantitative estimate of drug-likeness (QED) is 0.439. The smallest absolute Gasteiger partial charge is 0.137 e. The molecule has 2 bridgehead atoms. The van der Waals surface area contributed by atoms with Crippen LogP contribution in [0.4, 0.5) is 0 Å². The van der Waals surface area contributed by atoms with Crippen molar-refractivity contribution >= 4 is 11.3 Å². The summed E-state index contributed by atoms with van der Waals surface area (Å²) in [5, 5.41) is 2.01. The van der Waals surface area contributed by atoms with E-state index in [1.165, 1.54) is 31.5 Å². The van der Waals surface area contributed by atoms with Gasteiger partial charge in [0, 0.05) is 74.5 Å². The predicted molar refractivity (Wildman–Crippen MR) is 138 cm³/mol. The molecule has 2 saturated heterocycles. The van der Waals surface area contributed by atoms with Crippen molar-refractivity contribution in [3.8, 4) is 5.69 Å². The van der Waals surface area contributed by atoms with Gasteiger partial charge in [-0.2, -0.15) is 0 Å². The minimum atomic E-state index is 0.653. The van der Waals surface area contributed by atoms with Gasteiger partial charge in [0.15, 0.2) is 0 Å². The number of pyridine rings is 2. The summed E-state index contributed by atoms with van der Waals surface area (Å²) in [6.07, 6.45) is 16.9. The third-order valence-electron chi connectivity index (χ3n) is 7.78. The lowest BCUT2D eigenvalue weighted by Crippen LogP contribution is -2.51. The average Bonchev–Trinajstić information content (AvgIpc) is 3.68. The fraction of sp³-hybridized carbons (Fsp3) is 0.333. The standard InChI is InChI=1S/C27H31N9/c1-32-23-5-6-24(32)18-33(17-23)13-20-4-7-27-29-22(15-35(27)14-20)16-36-19-26(30-31-36)21-10-25(12-28-11-21)34-8-2-3-9-34/h2-4,7-12,14-15,19,23-24,30-31H,5-6,13,16-18H2,1H3. The van der Waals surface area contributed by atoms with Gasteiger partial charge in [0.1, 0.15) is 5.65 Å². The summed E-state index contributed by atoms with van der Waals surface area (Å²) in [5.74, 6) is 0. The first kappa shape index (κ1) is 21.6. The first-order valence-corrected chi connectivity index (χ1v) is 12.7. The number of aromatic nitrogens is 4. The summed E-state index contributed by atoms with van der Waals surface area (Å²) in [4.78, 5) is 14.5. The van der Waals surface area contributed by atoms with E-state index in [1.54, 1.807) is 0 Å². The van der Waals surface area contributed by atoms with Gasteiger partial charge in [-0.15, -0.1) is 5.53 Å². The second-order valence-electron chi connectivity index (χ2n) is 10.2. The molecule has 0 spiro atoms. The minimum absolute atomic E-state index is 0.653. The van der Waals surface area contributed by atoms with E-state index < -0.39 is 0 Å². The summed E-state index contributed by atoms with van der Waals surface area (Å²) in [6.45, 7) is 4.00. The molecule has 2 atom stereocenters. The number of likely N-dealkylation sites (N-methyl/N-ethyl adjacent to an activating group) is 1. The van der Waals surface area contributed by atoms with Gasteiger partial charge in [-0.3, -0.25) is 19.8 Å². The van der Waals surface area contributed by atoms with Gasteiger partial charge in [-0.1, -0.05) is 6.07 Å². The lowest BCUT2D eigenvalue weighted by molar-refractivity contribution is 0.0837. The summed E-state index contributed by atoms with van der Waals surface area (Å²) in [7, 11) is 2.29. The van der Waals surface area contributed by atoms with Gasteiger partial charge in [0.05, 0.1) is 29.8 Å². The van der Waals surface area contributed by atoms with Crippen molar-refractivity contribution in [3.63, 3.8) is 0 Å². The predicted octanol–water partition coefficient (Wildman–Crippen LogP) is 2.62. The Morgan fingerprint density at radius 3 is 2.67 bits per heavy atom. The van der Waals surface area contributed by atoms with Crippen LogP contribution < -0.4 is 11.0 Å². The number of imidazole rings is 1. The van der Waals surface area contributed by atoms with Gasteiger partial charge in [0.2, 0.25) is 0 Å². The molecule has 9 heteroatoms. The number of fused-ring (bicyclic) bond motifs is 3. The molecular weight excluding hydrogens is 450 g/mol. The van der Waals surface area contributed by atoms with Crippen molar-refractivity contribution < 1.29 is 0 Å². The Morgan fingerprint density at radius 1 is 1.00 bits per heavy atom. The van der Waals surface area contributed by atoms with Gasteiger partial charge in [-0.05, 0) is 49.7 Å². The SMILES string of the molecule is CN1C2CCC1CN(Cc1ccc3nc(CN4C=C(c5cncc(-n6cccc6)c5)NN4)cn3c1)C2. The van der Waals surface area contributed by atoms with Crippen LogP contribution in [0.15, 0.2) is 73.7 Å². The maximum absolute atomic E-state index is 4.84. The van der Waals surface area contributed by atoms with E-state index >= 15 is 0 Å². The molecule has 4 aromatic rings. The average molecular weight is 482 g/mol. The molecule has 3 aliphatic heterocycles. The molecule has 9 nitrogen and oxygen atoms in total. The van der Waals surface area contributed by atoms with Crippen LogP contribution in [0.5, 0.6) is 0 Å². The van der Waals surface area contributed by atoms with Gasteiger partial charge < -0.3 is 14.4 Å². The van der Waals surface area contributed by atoms with Gasteiger partial charge in [0.25, 0.3) is 0 Å². The Morgan fingerprint density at radius 2 is 1.83 bits per heavy atom. The van der Waals surface area contributed by atoms with E-state index in [0.717, 1.165) is 46.9 Å². The lowest BCUT2D eigenvalue weighted by Gasteiger charge is -2.38. The summed E-state index contributed by atoms with van der Waals surface area (Å²) >= 11 is 0. The molecule has 7 heterocycles. The number of hydrazine groups is 2. The third-order valence-corrected chi connectivity index (χ3v) is 7.78. The molecule has 3 aliphatic rings. The first-order valence-electron chi connectivity index (χ1n) is 12.7. The Labute approximate surface area is 210 Å². The maximum Gasteiger partial charge on any atom is 0.137 e. The fourth-order valence-electron chi connectivity index (χ4n) is 5.83. The monoisotopic (exact) mass is 481 g/mol. The molecule has 2 N–H and O–H groups in total. The Kier molecular flexibility index (Phi) is 5.27. The van der Waals surface area contributed by atoms with Crippen LogP contribution in [-0.2, 0) is 13.1 Å². The van der Waals surface area contributed by atoms with Crippen molar-refractivity contribution in [3.05, 3.63) is 90.5 Å². The summed E-state index contributed by atoms with van der Waals surface area (Å²) in [5.41, 5.74) is 12.8. The summed E-state index contributed by atoms with van der Waals surface area (Å²) < 4.78 is 4.21. The van der Waals surface area contributed by atoms with Crippen LogP contribution in [-0.4, -0.2) is 66.0 Å². The fourth-order valence-corrected chi connectivity index (χ4v) is 5.83. The molecule has 2 fully saturated rings. The number of nitrogens with one attached hydrogen (secondary N) is 2. The maximum atomic E-state index is 4.84. The highest BCUT2D eigenvalue weighted by molar-refractivity contribution is 5.65. The minimum Gasteiger partial charge on any atom is -0.322 e. The van der Waals surface area contributed by atoms with E-state index in [-0.39, 0.29) is 0 Å². The molecule has 0 amide bonds. The molecule has 36 heavy (non-hydrogen) atoms. The van der Waals surface area contributed by atoms with Crippen molar-refractivity contribution in [2.75, 3.05) is 20.1 Å². The van der Waals surface area contributed by atoms with Gasteiger partial charge >= 0.3 is 0 Å². The number of rotatable bonds is 6. The molecule has 2 unspecified atom stereocenters. The van der Waals surface area contributed by atoms with Crippen molar-refractivity contribution in [2.45, 2.75) is 38.0 Å². The van der Waals surface area contributed by atoms with Crippen LogP contribution in [0, 0.1) is 0 Å². The van der Waals surface area contributed by atoms with Crippen LogP contribution in [0.1, 0.15) is 29.7 Å². The first-order chi connectivity index (χ1) is 17.7. The molecule has 7 rings (SSSR count). The molecule has 0 saturated carbocycles. The van der Waals surface area contributed by atoms with Crippen molar-refractivity contribution in [1.29, 1.82) is 0 Å². The molecular formula is C27H31N9. The number of hydrogen-bond donors (Lipinski definition) is 2. The highest BCUT2D eigenvalue weighted by Gasteiger charge is 2.37. The van der Waals surface area contributed by atoms with Gasteiger partial charge in [-0.25, -0.2) is 4.98 Å². The topological polar surface area (TPSA) is 68.9 Å². The largest absolute Gasteiger partial charge is 0.322 e. The van der Waals surface area contributed by atoms with E-state index in [0.29, 0.717) is 6.54 Å². The molecule has 184 valence electrons. The van der Waals surface area contributed by atoms with E-state index in [1.807, 2.05) is 41.9 Å². The number of likely N-dealkylation sites (tertiary alicyclic amines) is 1. The molecule has 4 aromatic heterocycles.